The second-order valence-corrected chi connectivity index (χ2v) is 13.2. The molecule has 8 nitrogen and oxygen atoms in total. The first-order chi connectivity index (χ1) is 20.3. The number of amides is 2. The molecule has 0 aliphatic carbocycles. The maximum absolute atomic E-state index is 12.9. The highest BCUT2D eigenvalue weighted by molar-refractivity contribution is 7.59. The lowest BCUT2D eigenvalue weighted by Crippen LogP contribution is -2.45. The third-order valence-electron chi connectivity index (χ3n) is 7.87. The third-order valence-corrected chi connectivity index (χ3v) is 9.86. The van der Waals surface area contributed by atoms with Gasteiger partial charge in [0.25, 0.3) is 0 Å². The van der Waals surface area contributed by atoms with Gasteiger partial charge in [-0.2, -0.15) is 37.2 Å². The molecular weight excluding hydrogens is 770 g/mol. The first-order valence-corrected chi connectivity index (χ1v) is 16.2. The molecule has 0 saturated heterocycles. The highest BCUT2D eigenvalue weighted by atomic mass is 35.5. The van der Waals surface area contributed by atoms with Gasteiger partial charge >= 0.3 is 6.03 Å². The van der Waals surface area contributed by atoms with Crippen LogP contribution in [0.4, 0.5) is 10.5 Å². The number of thiophene rings is 2. The van der Waals surface area contributed by atoms with E-state index in [1.54, 1.807) is 34.8 Å². The molecule has 2 aliphatic rings. The molecule has 0 spiro atoms. The number of aryl methyl sites for hydroxylation is 2. The van der Waals surface area contributed by atoms with E-state index in [0.717, 1.165) is 41.2 Å². The molecule has 2 N–H and O–H groups in total. The molecule has 7 rings (SSSR count). The Labute approximate surface area is 359 Å². The highest BCUT2D eigenvalue weighted by Crippen LogP contribution is 2.34. The summed E-state index contributed by atoms with van der Waals surface area (Å²) in [5.74, 6) is 0. The summed E-state index contributed by atoms with van der Waals surface area (Å²) in [5, 5.41) is 20.6. The van der Waals surface area contributed by atoms with Crippen LogP contribution in [0.25, 0.3) is 21.1 Å². The Morgan fingerprint density at radius 1 is 0.759 bits per heavy atom. The van der Waals surface area contributed by atoms with Gasteiger partial charge in [0.05, 0.1) is 16.3 Å². The third kappa shape index (κ3) is 14.1. The number of hydrogen-bond acceptors (Lipinski definition) is 6. The number of benzene rings is 1. The van der Waals surface area contributed by atoms with Crippen LogP contribution in [0.3, 0.4) is 0 Å². The summed E-state index contributed by atoms with van der Waals surface area (Å²) in [5.41, 5.74) is 7.93. The maximum atomic E-state index is 12.9. The molecule has 0 bridgehead atoms. The molecule has 5 aromatic rings. The molecule has 2 atom stereocenters. The van der Waals surface area contributed by atoms with E-state index < -0.39 is 0 Å². The zero-order chi connectivity index (χ0) is 29.4. The van der Waals surface area contributed by atoms with E-state index in [-0.39, 0.29) is 113 Å². The van der Waals surface area contributed by atoms with Crippen molar-refractivity contribution in [2.24, 2.45) is 14.1 Å². The number of hydrogen-bond donors (Lipinski definition) is 2. The van der Waals surface area contributed by atoms with Crippen LogP contribution in [0.2, 0.25) is 5.02 Å². The van der Waals surface area contributed by atoms with Crippen molar-refractivity contribution in [3.8, 4) is 21.1 Å². The number of fused-ring (bicyclic) bond motifs is 2. The number of anilines is 1. The maximum Gasteiger partial charge on any atom is 0.322 e. The molecule has 2 aliphatic heterocycles. The molecule has 0 saturated carbocycles. The number of aromatic nitrogens is 4. The molecule has 4 aromatic heterocycles. The molecular formula is C41H78ClN7OS4. The first kappa shape index (κ1) is 66.1. The minimum atomic E-state index is -0.119. The minimum absolute atomic E-state index is 0. The van der Waals surface area contributed by atoms with Gasteiger partial charge in [-0.15, -0.1) is 22.7 Å². The summed E-state index contributed by atoms with van der Waals surface area (Å²) >= 11 is 9.44. The number of nitrogens with zero attached hydrogens (tertiary/aromatic N) is 5. The largest absolute Gasteiger partial charge is 0.322 e. The van der Waals surface area contributed by atoms with Gasteiger partial charge in [0, 0.05) is 78.8 Å². The van der Waals surface area contributed by atoms with Gasteiger partial charge in [0.2, 0.25) is 0 Å². The standard InChI is InChI=1S/C19H19ClN4OS.C12H15N3S.10CH4.2H2S/c1-12-9-16-15(18(22-23(16)2)17-7-4-8-26-17)11-24(12)19(25)21-14-6-3-5-13(20)10-14;1-8-6-10-9(7-13-8)12(14-15(10)2)11-4-3-5-16-11;;;;;;;;;;;;/h3-8,10,12H,9,11H2,1-2H3,(H,21,25);3-5,8,13H,6-7H2,1-2H3;10*1H4;2*1H2/t12-;8-;;;;;;;;;;;;/m00............/s1. The number of carbonyl (C=O) groups is 1. The van der Waals surface area contributed by atoms with E-state index >= 15 is 0 Å². The van der Waals surface area contributed by atoms with E-state index in [2.05, 4.69) is 53.2 Å². The van der Waals surface area contributed by atoms with Gasteiger partial charge in [0.1, 0.15) is 11.4 Å². The molecule has 314 valence electrons. The Balaban J connectivity index is -0.000000142. The summed E-state index contributed by atoms with van der Waals surface area (Å²) in [6, 6.07) is 16.1. The molecule has 1 aromatic carbocycles. The first-order valence-electron chi connectivity index (χ1n) is 14.0. The van der Waals surface area contributed by atoms with Crippen molar-refractivity contribution in [2.75, 3.05) is 5.32 Å². The Hall–Kier alpha value is -2.74. The quantitative estimate of drug-likeness (QED) is 0.190. The molecule has 0 unspecified atom stereocenters. The van der Waals surface area contributed by atoms with Gasteiger partial charge < -0.3 is 15.5 Å². The Kier molecular flexibility index (Phi) is 35.1. The van der Waals surface area contributed by atoms with Crippen molar-refractivity contribution in [3.05, 3.63) is 86.8 Å². The van der Waals surface area contributed by atoms with Gasteiger partial charge in [-0.1, -0.05) is 104 Å². The van der Waals surface area contributed by atoms with Gasteiger partial charge in [-0.25, -0.2) is 4.79 Å². The Morgan fingerprint density at radius 3 is 1.74 bits per heavy atom. The molecule has 0 radical (unpaired) electrons. The number of rotatable bonds is 3. The second kappa shape index (κ2) is 28.6. The SMILES string of the molecule is C.C.C.C.C.C.C.C.C.C.C[C@H]1Cc2c(c(-c3cccs3)nn2C)CN1.C[C@H]1Cc2c(c(-c3cccs3)nn2C)CN1C(=O)Nc1cccc(Cl)c1.S.S. The normalized spacial score (nSPS) is 13.8. The fraction of sp³-hybridized carbons (Fsp3) is 0.488. The van der Waals surface area contributed by atoms with Gasteiger partial charge in [-0.3, -0.25) is 9.36 Å². The summed E-state index contributed by atoms with van der Waals surface area (Å²) in [6.07, 6.45) is 1.86. The predicted octanol–water partition coefficient (Wildman–Crippen LogP) is 13.6. The van der Waals surface area contributed by atoms with Crippen LogP contribution in [0.1, 0.15) is 111 Å². The average Bonchev–Trinajstić information content (AvgIpc) is 3.77. The van der Waals surface area contributed by atoms with Crippen LogP contribution in [-0.2, 0) is 40.0 Å². The number of urea groups is 1. The van der Waals surface area contributed by atoms with E-state index in [1.165, 1.54) is 21.8 Å². The van der Waals surface area contributed by atoms with Crippen LogP contribution < -0.4 is 10.6 Å². The monoisotopic (exact) mass is 847 g/mol. The fourth-order valence-electron chi connectivity index (χ4n) is 5.68. The highest BCUT2D eigenvalue weighted by Gasteiger charge is 2.32. The van der Waals surface area contributed by atoms with E-state index in [1.807, 2.05) is 51.9 Å². The van der Waals surface area contributed by atoms with Crippen molar-refractivity contribution in [3.63, 3.8) is 0 Å². The average molecular weight is 849 g/mol. The van der Waals surface area contributed by atoms with Crippen molar-refractivity contribution in [2.45, 2.75) is 126 Å². The van der Waals surface area contributed by atoms with Crippen molar-refractivity contribution >= 4 is 73.0 Å². The van der Waals surface area contributed by atoms with Crippen molar-refractivity contribution in [1.29, 1.82) is 0 Å². The summed E-state index contributed by atoms with van der Waals surface area (Å²) < 4.78 is 3.99. The lowest BCUT2D eigenvalue weighted by atomic mass is 9.99. The molecule has 54 heavy (non-hydrogen) atoms. The second-order valence-electron chi connectivity index (χ2n) is 10.9. The van der Waals surface area contributed by atoms with Gasteiger partial charge in [0.15, 0.2) is 0 Å². The zero-order valence-corrected chi connectivity index (χ0v) is 29.5. The van der Waals surface area contributed by atoms with E-state index in [9.17, 15) is 4.79 Å². The van der Waals surface area contributed by atoms with E-state index in [4.69, 9.17) is 16.7 Å². The van der Waals surface area contributed by atoms with Crippen LogP contribution in [0.15, 0.2) is 59.3 Å². The number of nitrogens with one attached hydrogen (secondary N) is 2. The Morgan fingerprint density at radius 2 is 1.26 bits per heavy atom. The summed E-state index contributed by atoms with van der Waals surface area (Å²) in [4.78, 5) is 17.1. The lowest BCUT2D eigenvalue weighted by molar-refractivity contribution is 0.181. The van der Waals surface area contributed by atoms with Crippen LogP contribution in [-0.4, -0.2) is 42.6 Å². The molecule has 13 heteroatoms. The van der Waals surface area contributed by atoms with Crippen LogP contribution >= 0.6 is 61.3 Å². The fourth-order valence-corrected chi connectivity index (χ4v) is 7.34. The number of halogens is 1. The number of carbonyl (C=O) groups excluding carboxylic acids is 1. The smallest absolute Gasteiger partial charge is 0.317 e. The predicted molar refractivity (Wildman–Crippen MR) is 260 cm³/mol. The molecule has 6 heterocycles. The molecule has 2 amide bonds. The van der Waals surface area contributed by atoms with Crippen molar-refractivity contribution < 1.29 is 4.79 Å². The van der Waals surface area contributed by atoms with Crippen LogP contribution in [0, 0.1) is 0 Å². The van der Waals surface area contributed by atoms with Crippen molar-refractivity contribution in [1.82, 2.24) is 29.8 Å². The lowest BCUT2D eigenvalue weighted by Gasteiger charge is -2.34. The van der Waals surface area contributed by atoms with Crippen LogP contribution in [0.5, 0.6) is 0 Å². The topological polar surface area (TPSA) is 80.0 Å². The zero-order valence-electron chi connectivity index (χ0n) is 25.1. The van der Waals surface area contributed by atoms with E-state index in [0.29, 0.717) is 23.3 Å². The van der Waals surface area contributed by atoms with Gasteiger partial charge in [-0.05, 0) is 54.9 Å². The molecule has 0 fully saturated rings. The summed E-state index contributed by atoms with van der Waals surface area (Å²) in [6.45, 7) is 5.78. The Bertz CT molecular complexity index is 1700. The summed E-state index contributed by atoms with van der Waals surface area (Å²) in [7, 11) is 4.03. The minimum Gasteiger partial charge on any atom is -0.317 e.